The van der Waals surface area contributed by atoms with Crippen LogP contribution in [0.15, 0.2) is 0 Å². The van der Waals surface area contributed by atoms with Gasteiger partial charge in [0.2, 0.25) is 5.91 Å². The standard InChI is InChI=1S/C8H15NO/c1-3-5-7-6-8(10)9(7)4-2/h7H,3-6H2,1-2H3. The van der Waals surface area contributed by atoms with Crippen LogP contribution in [0.3, 0.4) is 0 Å². The van der Waals surface area contributed by atoms with Crippen LogP contribution in [0.2, 0.25) is 0 Å². The summed E-state index contributed by atoms with van der Waals surface area (Å²) in [5.74, 6) is 0.334. The maximum atomic E-state index is 10.9. The van der Waals surface area contributed by atoms with Crippen LogP contribution >= 0.6 is 0 Å². The molecule has 1 unspecified atom stereocenters. The van der Waals surface area contributed by atoms with E-state index in [0.717, 1.165) is 13.0 Å². The highest BCUT2D eigenvalue weighted by Crippen LogP contribution is 2.22. The Labute approximate surface area is 62.2 Å². The fourth-order valence-electron chi connectivity index (χ4n) is 1.55. The first kappa shape index (κ1) is 7.58. The van der Waals surface area contributed by atoms with E-state index in [0.29, 0.717) is 11.9 Å². The van der Waals surface area contributed by atoms with Crippen molar-refractivity contribution in [2.75, 3.05) is 6.54 Å². The van der Waals surface area contributed by atoms with Crippen LogP contribution < -0.4 is 0 Å². The molecule has 0 aromatic carbocycles. The van der Waals surface area contributed by atoms with Crippen molar-refractivity contribution < 1.29 is 4.79 Å². The van der Waals surface area contributed by atoms with E-state index in [1.807, 2.05) is 11.8 Å². The fourth-order valence-corrected chi connectivity index (χ4v) is 1.55. The molecule has 0 spiro atoms. The zero-order valence-corrected chi connectivity index (χ0v) is 6.76. The van der Waals surface area contributed by atoms with Gasteiger partial charge in [-0.3, -0.25) is 4.79 Å². The molecular formula is C8H15NO. The predicted octanol–water partition coefficient (Wildman–Crippen LogP) is 1.41. The van der Waals surface area contributed by atoms with Crippen LogP contribution in [0.5, 0.6) is 0 Å². The highest BCUT2D eigenvalue weighted by molar-refractivity contribution is 5.82. The lowest BCUT2D eigenvalue weighted by Crippen LogP contribution is -2.52. The lowest BCUT2D eigenvalue weighted by Gasteiger charge is -2.39. The third-order valence-corrected chi connectivity index (χ3v) is 2.13. The molecule has 1 rings (SSSR count). The minimum atomic E-state index is 0.334. The van der Waals surface area contributed by atoms with Crippen molar-refractivity contribution in [1.29, 1.82) is 0 Å². The number of rotatable bonds is 3. The third kappa shape index (κ3) is 1.15. The van der Waals surface area contributed by atoms with Gasteiger partial charge in [0.1, 0.15) is 0 Å². The van der Waals surface area contributed by atoms with E-state index in [-0.39, 0.29) is 0 Å². The molecule has 1 atom stereocenters. The molecule has 2 nitrogen and oxygen atoms in total. The second-order valence-corrected chi connectivity index (χ2v) is 2.83. The Morgan fingerprint density at radius 2 is 2.30 bits per heavy atom. The molecule has 1 saturated heterocycles. The molecule has 0 saturated carbocycles. The Bertz CT molecular complexity index is 133. The second-order valence-electron chi connectivity index (χ2n) is 2.83. The number of nitrogens with zero attached hydrogens (tertiary/aromatic N) is 1. The van der Waals surface area contributed by atoms with Crippen molar-refractivity contribution in [3.63, 3.8) is 0 Å². The number of amides is 1. The van der Waals surface area contributed by atoms with Gasteiger partial charge in [0.05, 0.1) is 0 Å². The smallest absolute Gasteiger partial charge is 0.224 e. The minimum absolute atomic E-state index is 0.334. The number of likely N-dealkylation sites (tertiary alicyclic amines) is 1. The maximum Gasteiger partial charge on any atom is 0.224 e. The van der Waals surface area contributed by atoms with Gasteiger partial charge in [-0.05, 0) is 13.3 Å². The molecule has 1 amide bonds. The third-order valence-electron chi connectivity index (χ3n) is 2.13. The first-order valence-electron chi connectivity index (χ1n) is 4.09. The van der Waals surface area contributed by atoms with E-state index in [2.05, 4.69) is 6.92 Å². The number of carbonyl (C=O) groups is 1. The van der Waals surface area contributed by atoms with Crippen LogP contribution in [-0.2, 0) is 4.79 Å². The van der Waals surface area contributed by atoms with Gasteiger partial charge in [-0.25, -0.2) is 0 Å². The summed E-state index contributed by atoms with van der Waals surface area (Å²) in [7, 11) is 0. The van der Waals surface area contributed by atoms with Crippen molar-refractivity contribution in [1.82, 2.24) is 4.90 Å². The molecule has 0 bridgehead atoms. The highest BCUT2D eigenvalue weighted by atomic mass is 16.2. The lowest BCUT2D eigenvalue weighted by molar-refractivity contribution is -0.145. The first-order chi connectivity index (χ1) is 4.79. The fraction of sp³-hybridized carbons (Fsp3) is 0.875. The number of β-lactam (4-membered cyclic amide) rings is 1. The lowest BCUT2D eigenvalue weighted by atomic mass is 9.98. The molecule has 0 aromatic rings. The van der Waals surface area contributed by atoms with E-state index in [9.17, 15) is 4.79 Å². The number of hydrogen-bond donors (Lipinski definition) is 0. The molecule has 1 aliphatic rings. The summed E-state index contributed by atoms with van der Waals surface area (Å²) in [6.07, 6.45) is 3.16. The summed E-state index contributed by atoms with van der Waals surface area (Å²) in [5.41, 5.74) is 0. The van der Waals surface area contributed by atoms with Gasteiger partial charge in [-0.15, -0.1) is 0 Å². The van der Waals surface area contributed by atoms with E-state index in [4.69, 9.17) is 0 Å². The Morgan fingerprint density at radius 1 is 1.60 bits per heavy atom. The summed E-state index contributed by atoms with van der Waals surface area (Å²) in [6, 6.07) is 0.572. The second kappa shape index (κ2) is 3.04. The number of carbonyl (C=O) groups excluding carboxylic acids is 1. The Kier molecular flexibility index (Phi) is 2.30. The van der Waals surface area contributed by atoms with Gasteiger partial charge in [0.25, 0.3) is 0 Å². The zero-order chi connectivity index (χ0) is 7.56. The monoisotopic (exact) mass is 141 g/mol. The van der Waals surface area contributed by atoms with Crippen LogP contribution in [0.25, 0.3) is 0 Å². The average Bonchev–Trinajstić information content (AvgIpc) is 1.88. The van der Waals surface area contributed by atoms with E-state index >= 15 is 0 Å². The van der Waals surface area contributed by atoms with Gasteiger partial charge in [0, 0.05) is 19.0 Å². The molecule has 1 heterocycles. The summed E-state index contributed by atoms with van der Waals surface area (Å²) >= 11 is 0. The van der Waals surface area contributed by atoms with Crippen molar-refractivity contribution in [3.8, 4) is 0 Å². The van der Waals surface area contributed by atoms with Gasteiger partial charge in [-0.2, -0.15) is 0 Å². The van der Waals surface area contributed by atoms with Gasteiger partial charge in [0.15, 0.2) is 0 Å². The molecule has 10 heavy (non-hydrogen) atoms. The van der Waals surface area contributed by atoms with Crippen LogP contribution in [0, 0.1) is 0 Å². The molecule has 0 N–H and O–H groups in total. The minimum Gasteiger partial charge on any atom is -0.339 e. The highest BCUT2D eigenvalue weighted by Gasteiger charge is 2.33. The zero-order valence-electron chi connectivity index (χ0n) is 6.76. The topological polar surface area (TPSA) is 20.3 Å². The van der Waals surface area contributed by atoms with Crippen LogP contribution in [0.1, 0.15) is 33.1 Å². The molecule has 0 aromatic heterocycles. The van der Waals surface area contributed by atoms with Crippen LogP contribution in [-0.4, -0.2) is 23.4 Å². The van der Waals surface area contributed by atoms with E-state index < -0.39 is 0 Å². The summed E-state index contributed by atoms with van der Waals surface area (Å²) in [4.78, 5) is 12.8. The molecule has 1 fully saturated rings. The molecular weight excluding hydrogens is 126 g/mol. The largest absolute Gasteiger partial charge is 0.339 e. The van der Waals surface area contributed by atoms with Crippen molar-refractivity contribution in [2.45, 2.75) is 39.2 Å². The Hall–Kier alpha value is -0.530. The summed E-state index contributed by atoms with van der Waals surface area (Å²) < 4.78 is 0. The van der Waals surface area contributed by atoms with E-state index in [1.54, 1.807) is 0 Å². The molecule has 0 aliphatic carbocycles. The Balaban J connectivity index is 2.30. The van der Waals surface area contributed by atoms with E-state index in [1.165, 1.54) is 12.8 Å². The molecule has 0 radical (unpaired) electrons. The van der Waals surface area contributed by atoms with Gasteiger partial charge < -0.3 is 4.90 Å². The summed E-state index contributed by atoms with van der Waals surface area (Å²) in [6.45, 7) is 5.10. The van der Waals surface area contributed by atoms with Gasteiger partial charge >= 0.3 is 0 Å². The van der Waals surface area contributed by atoms with Crippen molar-refractivity contribution in [3.05, 3.63) is 0 Å². The van der Waals surface area contributed by atoms with Crippen LogP contribution in [0.4, 0.5) is 0 Å². The predicted molar refractivity (Wildman–Crippen MR) is 40.7 cm³/mol. The van der Waals surface area contributed by atoms with Crippen molar-refractivity contribution >= 4 is 5.91 Å². The maximum absolute atomic E-state index is 10.9. The molecule has 1 aliphatic heterocycles. The SMILES string of the molecule is CCCC1CC(=O)N1CC. The quantitative estimate of drug-likeness (QED) is 0.544. The average molecular weight is 141 g/mol. The first-order valence-corrected chi connectivity index (χ1v) is 4.09. The molecule has 58 valence electrons. The Morgan fingerprint density at radius 3 is 2.70 bits per heavy atom. The normalized spacial score (nSPS) is 24.8. The summed E-state index contributed by atoms with van der Waals surface area (Å²) in [5, 5.41) is 0. The van der Waals surface area contributed by atoms with Crippen molar-refractivity contribution in [2.24, 2.45) is 0 Å². The van der Waals surface area contributed by atoms with Gasteiger partial charge in [-0.1, -0.05) is 13.3 Å². The molecule has 2 heteroatoms. The number of hydrogen-bond acceptors (Lipinski definition) is 1.